The van der Waals surface area contributed by atoms with E-state index in [2.05, 4.69) is 23.1 Å². The number of thiophene rings is 1. The smallest absolute Gasteiger partial charge is 0.254 e. The van der Waals surface area contributed by atoms with Crippen LogP contribution in [0.5, 0.6) is 0 Å². The van der Waals surface area contributed by atoms with E-state index in [1.54, 1.807) is 23.5 Å². The highest BCUT2D eigenvalue weighted by Gasteiger charge is 2.31. The summed E-state index contributed by atoms with van der Waals surface area (Å²) >= 11 is 1.75. The summed E-state index contributed by atoms with van der Waals surface area (Å²) in [5.41, 5.74) is 1.74. The van der Waals surface area contributed by atoms with Crippen LogP contribution in [0.15, 0.2) is 40.6 Å². The van der Waals surface area contributed by atoms with Crippen molar-refractivity contribution in [3.05, 3.63) is 51.7 Å². The lowest BCUT2D eigenvalue weighted by molar-refractivity contribution is 0.0657. The molecule has 2 aromatic rings. The highest BCUT2D eigenvalue weighted by atomic mass is 32.2. The van der Waals surface area contributed by atoms with E-state index in [9.17, 15) is 13.2 Å². The standard InChI is InChI=1S/C19H24N2O4S2/c1-3-17-16-9-13-26-18(16)8-11-21(17)19(22)14-4-6-15(7-5-14)27(23,24)20-10-12-25-2/h4-7,9,13,17,20H,3,8,10-12H2,1-2H3/t17-/m1/s1. The van der Waals surface area contributed by atoms with Crippen molar-refractivity contribution in [1.82, 2.24) is 9.62 Å². The van der Waals surface area contributed by atoms with Gasteiger partial charge in [-0.1, -0.05) is 6.92 Å². The maximum atomic E-state index is 13.0. The van der Waals surface area contributed by atoms with Crippen molar-refractivity contribution in [3.8, 4) is 0 Å². The molecule has 6 nitrogen and oxygen atoms in total. The Morgan fingerprint density at radius 2 is 2.04 bits per heavy atom. The molecule has 1 aliphatic rings. The fraction of sp³-hybridized carbons (Fsp3) is 0.421. The van der Waals surface area contributed by atoms with Crippen LogP contribution < -0.4 is 4.72 Å². The number of methoxy groups -OCH3 is 1. The average molecular weight is 409 g/mol. The number of amides is 1. The third kappa shape index (κ3) is 4.24. The zero-order chi connectivity index (χ0) is 19.4. The SMILES string of the molecule is CC[C@@H]1c2ccsc2CCN1C(=O)c1ccc(S(=O)(=O)NCCOC)cc1. The fourth-order valence-corrected chi connectivity index (χ4v) is 5.32. The van der Waals surface area contributed by atoms with Gasteiger partial charge in [0, 0.05) is 30.6 Å². The molecule has 1 aromatic heterocycles. The summed E-state index contributed by atoms with van der Waals surface area (Å²) < 4.78 is 31.8. The largest absolute Gasteiger partial charge is 0.383 e. The Morgan fingerprint density at radius 1 is 1.30 bits per heavy atom. The molecule has 1 aromatic carbocycles. The molecule has 27 heavy (non-hydrogen) atoms. The van der Waals surface area contributed by atoms with Gasteiger partial charge in [0.15, 0.2) is 0 Å². The van der Waals surface area contributed by atoms with E-state index in [-0.39, 0.29) is 23.4 Å². The zero-order valence-electron chi connectivity index (χ0n) is 15.5. The summed E-state index contributed by atoms with van der Waals surface area (Å²) in [4.78, 5) is 16.4. The number of fused-ring (bicyclic) bond motifs is 1. The van der Waals surface area contributed by atoms with Crippen LogP contribution in [0.3, 0.4) is 0 Å². The van der Waals surface area contributed by atoms with Crippen LogP contribution in [-0.2, 0) is 21.2 Å². The first kappa shape index (κ1) is 20.0. The Balaban J connectivity index is 1.76. The lowest BCUT2D eigenvalue weighted by atomic mass is 9.97. The van der Waals surface area contributed by atoms with Crippen LogP contribution in [0.25, 0.3) is 0 Å². The molecule has 1 amide bonds. The summed E-state index contributed by atoms with van der Waals surface area (Å²) in [6, 6.07) is 8.31. The molecule has 1 aliphatic heterocycles. The molecule has 1 atom stereocenters. The monoisotopic (exact) mass is 408 g/mol. The molecule has 0 unspecified atom stereocenters. The molecular formula is C19H24N2O4S2. The van der Waals surface area contributed by atoms with Crippen molar-refractivity contribution < 1.29 is 17.9 Å². The molecule has 8 heteroatoms. The number of sulfonamides is 1. The number of carbonyl (C=O) groups is 1. The lowest BCUT2D eigenvalue weighted by Crippen LogP contribution is -2.39. The molecule has 0 spiro atoms. The second-order valence-corrected chi connectivity index (χ2v) is 9.15. The third-order valence-electron chi connectivity index (χ3n) is 4.75. The average Bonchev–Trinajstić information content (AvgIpc) is 3.15. The number of nitrogens with zero attached hydrogens (tertiary/aromatic N) is 1. The van der Waals surface area contributed by atoms with E-state index >= 15 is 0 Å². The first-order valence-electron chi connectivity index (χ1n) is 8.94. The molecule has 3 rings (SSSR count). The van der Waals surface area contributed by atoms with Crippen molar-refractivity contribution >= 4 is 27.3 Å². The Hall–Kier alpha value is -1.74. The van der Waals surface area contributed by atoms with Gasteiger partial charge in [0.2, 0.25) is 10.0 Å². The number of ether oxygens (including phenoxy) is 1. The van der Waals surface area contributed by atoms with Crippen LogP contribution >= 0.6 is 11.3 Å². The Morgan fingerprint density at radius 3 is 2.70 bits per heavy atom. The molecule has 2 heterocycles. The molecule has 0 aliphatic carbocycles. The van der Waals surface area contributed by atoms with Crippen LogP contribution in [0.4, 0.5) is 0 Å². The number of carbonyl (C=O) groups excluding carboxylic acids is 1. The van der Waals surface area contributed by atoms with Gasteiger partial charge in [-0.15, -0.1) is 11.3 Å². The maximum Gasteiger partial charge on any atom is 0.254 e. The highest BCUT2D eigenvalue weighted by Crippen LogP contribution is 2.36. The van der Waals surface area contributed by atoms with Crippen LogP contribution in [-0.4, -0.2) is 46.0 Å². The lowest BCUT2D eigenvalue weighted by Gasteiger charge is -2.35. The van der Waals surface area contributed by atoms with Crippen molar-refractivity contribution in [2.45, 2.75) is 30.7 Å². The number of benzene rings is 1. The second kappa shape index (κ2) is 8.52. The summed E-state index contributed by atoms with van der Waals surface area (Å²) in [7, 11) is -2.09. The van der Waals surface area contributed by atoms with Gasteiger partial charge >= 0.3 is 0 Å². The van der Waals surface area contributed by atoms with Crippen LogP contribution in [0, 0.1) is 0 Å². The van der Waals surface area contributed by atoms with E-state index in [4.69, 9.17) is 4.74 Å². The minimum absolute atomic E-state index is 0.0602. The molecule has 0 bridgehead atoms. The normalized spacial score (nSPS) is 17.0. The molecule has 1 N–H and O–H groups in total. The number of rotatable bonds is 7. The Labute approximate surface area is 164 Å². The van der Waals surface area contributed by atoms with Crippen molar-refractivity contribution in [2.24, 2.45) is 0 Å². The first-order chi connectivity index (χ1) is 13.0. The predicted octanol–water partition coefficient (Wildman–Crippen LogP) is 2.82. The van der Waals surface area contributed by atoms with Gasteiger partial charge in [0.05, 0.1) is 17.5 Å². The summed E-state index contributed by atoms with van der Waals surface area (Å²) in [6.45, 7) is 3.27. The highest BCUT2D eigenvalue weighted by molar-refractivity contribution is 7.89. The second-order valence-electron chi connectivity index (χ2n) is 6.39. The first-order valence-corrected chi connectivity index (χ1v) is 11.3. The van der Waals surface area contributed by atoms with Gasteiger partial charge in [0.25, 0.3) is 5.91 Å². The Bertz CT molecular complexity index is 891. The van der Waals surface area contributed by atoms with Gasteiger partial charge in [-0.05, 0) is 54.1 Å². The number of nitrogens with one attached hydrogen (secondary N) is 1. The molecule has 146 valence electrons. The van der Waals surface area contributed by atoms with Gasteiger partial charge in [0.1, 0.15) is 0 Å². The van der Waals surface area contributed by atoms with Gasteiger partial charge in [-0.25, -0.2) is 13.1 Å². The van der Waals surface area contributed by atoms with Gasteiger partial charge in [-0.2, -0.15) is 0 Å². The van der Waals surface area contributed by atoms with Gasteiger partial charge in [-0.3, -0.25) is 4.79 Å². The van der Waals surface area contributed by atoms with E-state index < -0.39 is 10.0 Å². The van der Waals surface area contributed by atoms with Crippen molar-refractivity contribution in [3.63, 3.8) is 0 Å². The van der Waals surface area contributed by atoms with E-state index in [1.165, 1.54) is 29.7 Å². The maximum absolute atomic E-state index is 13.0. The Kier molecular flexibility index (Phi) is 6.31. The number of hydrogen-bond donors (Lipinski definition) is 1. The summed E-state index contributed by atoms with van der Waals surface area (Å²) in [5, 5.41) is 2.08. The quantitative estimate of drug-likeness (QED) is 0.715. The van der Waals surface area contributed by atoms with Crippen molar-refractivity contribution in [2.75, 3.05) is 26.8 Å². The minimum atomic E-state index is -3.60. The van der Waals surface area contributed by atoms with Crippen LogP contribution in [0.2, 0.25) is 0 Å². The topological polar surface area (TPSA) is 75.7 Å². The van der Waals surface area contributed by atoms with E-state index in [0.717, 1.165) is 12.8 Å². The molecule has 0 fully saturated rings. The predicted molar refractivity (Wildman–Crippen MR) is 106 cm³/mol. The summed E-state index contributed by atoms with van der Waals surface area (Å²) in [5.74, 6) is -0.0602. The zero-order valence-corrected chi connectivity index (χ0v) is 17.1. The van der Waals surface area contributed by atoms with Crippen molar-refractivity contribution in [1.29, 1.82) is 0 Å². The molecule has 0 radical (unpaired) electrons. The third-order valence-corrected chi connectivity index (χ3v) is 7.23. The summed E-state index contributed by atoms with van der Waals surface area (Å²) in [6.07, 6.45) is 1.72. The number of hydrogen-bond acceptors (Lipinski definition) is 5. The molecule has 0 saturated heterocycles. The van der Waals surface area contributed by atoms with Gasteiger partial charge < -0.3 is 9.64 Å². The van der Waals surface area contributed by atoms with E-state index in [0.29, 0.717) is 18.7 Å². The molecule has 0 saturated carbocycles. The fourth-order valence-electron chi connectivity index (χ4n) is 3.38. The minimum Gasteiger partial charge on any atom is -0.383 e. The van der Waals surface area contributed by atoms with E-state index in [1.807, 2.05) is 4.90 Å². The van der Waals surface area contributed by atoms with Crippen LogP contribution in [0.1, 0.15) is 40.2 Å². The molecular weight excluding hydrogens is 384 g/mol.